The van der Waals surface area contributed by atoms with Crippen molar-refractivity contribution >= 4 is 42.8 Å². The lowest BCUT2D eigenvalue weighted by Gasteiger charge is -2.21. The second kappa shape index (κ2) is 8.32. The molecule has 0 spiro atoms. The molecule has 0 amide bonds. The van der Waals surface area contributed by atoms with E-state index in [1.165, 1.54) is 62.4 Å². The Morgan fingerprint density at radius 3 is 1.40 bits per heavy atom. The molecule has 0 saturated heterocycles. The van der Waals surface area contributed by atoms with Crippen molar-refractivity contribution in [1.82, 2.24) is 0 Å². The minimum atomic E-state index is -4.41. The Bertz CT molecular complexity index is 1480. The van der Waals surface area contributed by atoms with Gasteiger partial charge in [0.25, 0.3) is 31.4 Å². The number of anilines is 2. The molecule has 0 atom stereocenters. The van der Waals surface area contributed by atoms with Gasteiger partial charge in [0.2, 0.25) is 0 Å². The molecule has 3 aromatic carbocycles. The van der Waals surface area contributed by atoms with Crippen LogP contribution >= 0.6 is 0 Å². The second-order valence-electron chi connectivity index (χ2n) is 7.75. The number of nitro benzene ring substituents is 2. The first-order valence-electron chi connectivity index (χ1n) is 10.0. The Balaban J connectivity index is 1.83. The molecule has 12 nitrogen and oxygen atoms in total. The van der Waals surface area contributed by atoms with E-state index < -0.39 is 47.9 Å². The number of para-hydroxylation sites is 2. The summed E-state index contributed by atoms with van der Waals surface area (Å²) in [5.74, 6) is 0. The molecular formula is C21H18N4O8S2. The zero-order chi connectivity index (χ0) is 25.7. The van der Waals surface area contributed by atoms with E-state index in [0.29, 0.717) is 0 Å². The summed E-state index contributed by atoms with van der Waals surface area (Å²) in [5, 5.41) is 22.6. The molecule has 0 N–H and O–H groups in total. The molecule has 3 aromatic rings. The Kier molecular flexibility index (Phi) is 5.73. The van der Waals surface area contributed by atoms with Crippen LogP contribution in [0.1, 0.15) is 11.1 Å². The van der Waals surface area contributed by atoms with Crippen molar-refractivity contribution in [3.05, 3.63) is 92.0 Å². The van der Waals surface area contributed by atoms with E-state index in [1.54, 1.807) is 0 Å². The van der Waals surface area contributed by atoms with Crippen LogP contribution in [0.15, 0.2) is 70.5 Å². The van der Waals surface area contributed by atoms with Gasteiger partial charge in [-0.15, -0.1) is 0 Å². The van der Waals surface area contributed by atoms with E-state index in [4.69, 9.17) is 0 Å². The number of fused-ring (bicyclic) bond motifs is 1. The molecule has 0 aliphatic carbocycles. The van der Waals surface area contributed by atoms with E-state index in [2.05, 4.69) is 0 Å². The van der Waals surface area contributed by atoms with Crippen LogP contribution in [-0.2, 0) is 20.0 Å². The van der Waals surface area contributed by atoms with Gasteiger partial charge in [-0.3, -0.25) is 20.2 Å². The number of sulfonamides is 2. The van der Waals surface area contributed by atoms with Gasteiger partial charge < -0.3 is 0 Å². The van der Waals surface area contributed by atoms with Crippen molar-refractivity contribution in [2.45, 2.75) is 23.6 Å². The van der Waals surface area contributed by atoms with Crippen LogP contribution in [-0.4, -0.2) is 33.4 Å². The summed E-state index contributed by atoms with van der Waals surface area (Å²) < 4.78 is 55.6. The maximum Gasteiger partial charge on any atom is 0.273 e. The number of hydrogen-bond donors (Lipinski definition) is 0. The lowest BCUT2D eigenvalue weighted by atomic mass is 10.2. The molecular weight excluding hydrogens is 500 g/mol. The number of nitrogens with zero attached hydrogens (tertiary/aromatic N) is 4. The standard InChI is InChI=1S/C21H18N4O8S2/c1-14-7-9-16(11-20(14)24(26)27)34(30,31)22-13-23(19-6-4-3-5-18(19)22)35(32,33)17-10-8-15(2)21(12-17)25(28)29/h3-12H,13H2,1-2H3. The molecule has 14 heteroatoms. The molecule has 4 rings (SSSR count). The fourth-order valence-corrected chi connectivity index (χ4v) is 6.66. The van der Waals surface area contributed by atoms with Crippen LogP contribution in [0.4, 0.5) is 22.7 Å². The third kappa shape index (κ3) is 3.95. The Morgan fingerprint density at radius 1 is 0.686 bits per heavy atom. The van der Waals surface area contributed by atoms with Gasteiger partial charge in [-0.1, -0.05) is 24.3 Å². The van der Waals surface area contributed by atoms with Crippen LogP contribution in [0.5, 0.6) is 0 Å². The zero-order valence-corrected chi connectivity index (χ0v) is 20.0. The summed E-state index contributed by atoms with van der Waals surface area (Å²) in [6.45, 7) is 2.27. The molecule has 0 saturated carbocycles. The highest BCUT2D eigenvalue weighted by Crippen LogP contribution is 2.42. The van der Waals surface area contributed by atoms with Crippen molar-refractivity contribution in [3.63, 3.8) is 0 Å². The summed E-state index contributed by atoms with van der Waals surface area (Å²) in [6.07, 6.45) is 0. The van der Waals surface area contributed by atoms with E-state index >= 15 is 0 Å². The Labute approximate surface area is 200 Å². The van der Waals surface area contributed by atoms with Gasteiger partial charge in [0.05, 0.1) is 31.0 Å². The molecule has 1 aliphatic heterocycles. The van der Waals surface area contributed by atoms with E-state index in [1.807, 2.05) is 0 Å². The largest absolute Gasteiger partial charge is 0.273 e. The average Bonchev–Trinajstić information content (AvgIpc) is 3.20. The maximum absolute atomic E-state index is 13.5. The molecule has 0 unspecified atom stereocenters. The fourth-order valence-electron chi connectivity index (χ4n) is 3.71. The highest BCUT2D eigenvalue weighted by atomic mass is 32.2. The lowest BCUT2D eigenvalue weighted by Crippen LogP contribution is -2.38. The SMILES string of the molecule is Cc1ccc(S(=O)(=O)N2CN(S(=O)(=O)c3ccc(C)c([N+](=O)[O-])c3)c3ccccc32)cc1[N+](=O)[O-]. The molecule has 0 aromatic heterocycles. The van der Waals surface area contributed by atoms with Gasteiger partial charge in [0.15, 0.2) is 0 Å². The van der Waals surface area contributed by atoms with Crippen molar-refractivity contribution in [1.29, 1.82) is 0 Å². The minimum absolute atomic E-state index is 0.0425. The quantitative estimate of drug-likeness (QED) is 0.354. The predicted octanol–water partition coefficient (Wildman–Crippen LogP) is 3.48. The molecule has 0 radical (unpaired) electrons. The minimum Gasteiger partial charge on any atom is -0.258 e. The Hall–Kier alpha value is -4.04. The summed E-state index contributed by atoms with van der Waals surface area (Å²) in [4.78, 5) is 20.5. The molecule has 35 heavy (non-hydrogen) atoms. The summed E-state index contributed by atoms with van der Waals surface area (Å²) in [6, 6.07) is 12.7. The summed E-state index contributed by atoms with van der Waals surface area (Å²) in [7, 11) is -8.83. The second-order valence-corrected chi connectivity index (χ2v) is 11.5. The highest BCUT2D eigenvalue weighted by molar-refractivity contribution is 7.94. The fraction of sp³-hybridized carbons (Fsp3) is 0.143. The van der Waals surface area contributed by atoms with Crippen LogP contribution < -0.4 is 8.61 Å². The molecule has 1 aliphatic rings. The van der Waals surface area contributed by atoms with Crippen molar-refractivity contribution < 1.29 is 26.7 Å². The van der Waals surface area contributed by atoms with E-state index in [0.717, 1.165) is 20.7 Å². The molecule has 0 fully saturated rings. The highest BCUT2D eigenvalue weighted by Gasteiger charge is 2.41. The molecule has 0 bridgehead atoms. The number of benzene rings is 3. The third-order valence-corrected chi connectivity index (χ3v) is 9.09. The van der Waals surface area contributed by atoms with Crippen LogP contribution in [0, 0.1) is 34.1 Å². The third-order valence-electron chi connectivity index (χ3n) is 5.61. The van der Waals surface area contributed by atoms with Crippen molar-refractivity contribution in [2.75, 3.05) is 15.3 Å². The zero-order valence-electron chi connectivity index (χ0n) is 18.4. The summed E-state index contributed by atoms with van der Waals surface area (Å²) in [5.41, 5.74) is -0.172. The first kappa shape index (κ1) is 24.1. The van der Waals surface area contributed by atoms with Crippen LogP contribution in [0.2, 0.25) is 0 Å². The van der Waals surface area contributed by atoms with Crippen LogP contribution in [0.25, 0.3) is 0 Å². The van der Waals surface area contributed by atoms with Crippen molar-refractivity contribution in [2.24, 2.45) is 0 Å². The van der Waals surface area contributed by atoms with Gasteiger partial charge >= 0.3 is 0 Å². The van der Waals surface area contributed by atoms with Gasteiger partial charge in [0, 0.05) is 23.3 Å². The molecule has 1 heterocycles. The lowest BCUT2D eigenvalue weighted by molar-refractivity contribution is -0.385. The monoisotopic (exact) mass is 518 g/mol. The van der Waals surface area contributed by atoms with Gasteiger partial charge in [-0.25, -0.2) is 25.4 Å². The summed E-state index contributed by atoms with van der Waals surface area (Å²) >= 11 is 0. The topological polar surface area (TPSA) is 161 Å². The number of rotatable bonds is 6. The number of nitro groups is 2. The maximum atomic E-state index is 13.5. The normalized spacial score (nSPS) is 13.5. The van der Waals surface area contributed by atoms with Gasteiger partial charge in [0.1, 0.15) is 6.67 Å². The van der Waals surface area contributed by atoms with E-state index in [-0.39, 0.29) is 32.3 Å². The number of aryl methyl sites for hydroxylation is 2. The van der Waals surface area contributed by atoms with Crippen molar-refractivity contribution in [3.8, 4) is 0 Å². The van der Waals surface area contributed by atoms with Gasteiger partial charge in [-0.05, 0) is 38.1 Å². The smallest absolute Gasteiger partial charge is 0.258 e. The van der Waals surface area contributed by atoms with E-state index in [9.17, 15) is 37.1 Å². The van der Waals surface area contributed by atoms with Crippen LogP contribution in [0.3, 0.4) is 0 Å². The molecule has 182 valence electrons. The predicted molar refractivity (Wildman–Crippen MR) is 126 cm³/mol. The average molecular weight is 519 g/mol. The first-order valence-corrected chi connectivity index (χ1v) is 12.9. The number of hydrogen-bond acceptors (Lipinski definition) is 8. The first-order chi connectivity index (χ1) is 16.4. The Morgan fingerprint density at radius 2 is 1.06 bits per heavy atom. The van der Waals surface area contributed by atoms with Gasteiger partial charge in [-0.2, -0.15) is 0 Å².